The zero-order valence-corrected chi connectivity index (χ0v) is 13.9. The van der Waals surface area contributed by atoms with Gasteiger partial charge in [-0.05, 0) is 37.5 Å². The second-order valence-electron chi connectivity index (χ2n) is 6.65. The van der Waals surface area contributed by atoms with Gasteiger partial charge < -0.3 is 9.67 Å². The van der Waals surface area contributed by atoms with Gasteiger partial charge in [0.05, 0.1) is 5.75 Å². The molecule has 1 aromatic heterocycles. The van der Waals surface area contributed by atoms with E-state index in [1.54, 1.807) is 10.5 Å². The molecule has 1 unspecified atom stereocenters. The largest absolute Gasteiger partial charge is 0.385 e. The zero-order chi connectivity index (χ0) is 15.7. The molecular weight excluding hydrogens is 302 g/mol. The number of aliphatic hydroxyl groups excluding tert-OH is 1. The third-order valence-corrected chi connectivity index (χ3v) is 7.18. The number of rotatable bonds is 5. The smallest absolute Gasteiger partial charge is 0.214 e. The Hall–Kier alpha value is -0.920. The van der Waals surface area contributed by atoms with Crippen molar-refractivity contribution in [1.82, 2.24) is 13.9 Å². The molecule has 2 heterocycles. The van der Waals surface area contributed by atoms with Crippen LogP contribution in [-0.2, 0) is 17.1 Å². The molecule has 0 bridgehead atoms. The van der Waals surface area contributed by atoms with Crippen molar-refractivity contribution < 1.29 is 13.5 Å². The van der Waals surface area contributed by atoms with E-state index in [9.17, 15) is 13.5 Å². The highest BCUT2D eigenvalue weighted by atomic mass is 32.2. The summed E-state index contributed by atoms with van der Waals surface area (Å²) in [5.41, 5.74) is 0. The summed E-state index contributed by atoms with van der Waals surface area (Å²) in [6, 6.07) is 0. The maximum atomic E-state index is 12.4. The number of aromatic nitrogens is 2. The van der Waals surface area contributed by atoms with Crippen LogP contribution in [0.5, 0.6) is 0 Å². The SMILES string of the molecule is Cn1ccnc1C(O)C1CCN(S(=O)(=O)CC2CCC2)CC1. The third-order valence-electron chi connectivity index (χ3n) is 5.13. The van der Waals surface area contributed by atoms with Crippen molar-refractivity contribution in [3.63, 3.8) is 0 Å². The summed E-state index contributed by atoms with van der Waals surface area (Å²) in [5, 5.41) is 10.4. The Bertz CT molecular complexity index is 601. The molecule has 22 heavy (non-hydrogen) atoms. The van der Waals surface area contributed by atoms with Crippen LogP contribution < -0.4 is 0 Å². The van der Waals surface area contributed by atoms with Gasteiger partial charge >= 0.3 is 0 Å². The monoisotopic (exact) mass is 327 g/mol. The van der Waals surface area contributed by atoms with E-state index >= 15 is 0 Å². The van der Waals surface area contributed by atoms with Gasteiger partial charge in [0.2, 0.25) is 10.0 Å². The van der Waals surface area contributed by atoms with Crippen LogP contribution in [0, 0.1) is 11.8 Å². The van der Waals surface area contributed by atoms with Gasteiger partial charge in [-0.2, -0.15) is 0 Å². The molecule has 1 aliphatic heterocycles. The average Bonchev–Trinajstić information content (AvgIpc) is 2.89. The van der Waals surface area contributed by atoms with Crippen molar-refractivity contribution in [2.75, 3.05) is 18.8 Å². The normalized spacial score (nSPS) is 23.4. The Morgan fingerprint density at radius 2 is 2.00 bits per heavy atom. The first-order chi connectivity index (χ1) is 10.5. The average molecular weight is 327 g/mol. The van der Waals surface area contributed by atoms with Crippen LogP contribution in [-0.4, -0.2) is 46.2 Å². The highest BCUT2D eigenvalue weighted by Gasteiger charge is 2.34. The Balaban J connectivity index is 1.57. The number of hydrogen-bond donors (Lipinski definition) is 1. The highest BCUT2D eigenvalue weighted by molar-refractivity contribution is 7.89. The van der Waals surface area contributed by atoms with E-state index in [1.807, 2.05) is 17.8 Å². The number of nitrogens with zero attached hydrogens (tertiary/aromatic N) is 3. The van der Waals surface area contributed by atoms with Crippen molar-refractivity contribution >= 4 is 10.0 Å². The zero-order valence-electron chi connectivity index (χ0n) is 13.1. The standard InChI is InChI=1S/C15H25N3O3S/c1-17-10-7-16-15(17)14(19)13-5-8-18(9-6-13)22(20,21)11-12-3-2-4-12/h7,10,12-14,19H,2-6,8-9,11H2,1H3. The number of hydrogen-bond acceptors (Lipinski definition) is 4. The first-order valence-electron chi connectivity index (χ1n) is 8.10. The Kier molecular flexibility index (Phi) is 4.56. The van der Waals surface area contributed by atoms with Crippen LogP contribution in [0.2, 0.25) is 0 Å². The van der Waals surface area contributed by atoms with Crippen molar-refractivity contribution in [1.29, 1.82) is 0 Å². The van der Waals surface area contributed by atoms with E-state index in [0.29, 0.717) is 43.4 Å². The van der Waals surface area contributed by atoms with E-state index in [-0.39, 0.29) is 5.92 Å². The quantitative estimate of drug-likeness (QED) is 0.884. The molecule has 1 saturated heterocycles. The molecule has 0 spiro atoms. The molecule has 0 aromatic carbocycles. The molecule has 3 rings (SSSR count). The summed E-state index contributed by atoms with van der Waals surface area (Å²) < 4.78 is 28.2. The fourth-order valence-electron chi connectivity index (χ4n) is 3.41. The summed E-state index contributed by atoms with van der Waals surface area (Å²) in [7, 11) is -1.26. The van der Waals surface area contributed by atoms with Crippen LogP contribution in [0.4, 0.5) is 0 Å². The molecule has 1 saturated carbocycles. The van der Waals surface area contributed by atoms with Crippen molar-refractivity contribution in [3.05, 3.63) is 18.2 Å². The van der Waals surface area contributed by atoms with E-state index < -0.39 is 16.1 Å². The highest BCUT2D eigenvalue weighted by Crippen LogP contribution is 2.33. The molecule has 124 valence electrons. The fourth-order valence-corrected chi connectivity index (χ4v) is 5.31. The van der Waals surface area contributed by atoms with Gasteiger partial charge in [-0.25, -0.2) is 17.7 Å². The van der Waals surface area contributed by atoms with Crippen LogP contribution >= 0.6 is 0 Å². The summed E-state index contributed by atoms with van der Waals surface area (Å²) in [6.45, 7) is 1.03. The molecule has 2 fully saturated rings. The summed E-state index contributed by atoms with van der Waals surface area (Å²) in [4.78, 5) is 4.20. The van der Waals surface area contributed by atoms with Gasteiger partial charge in [0.1, 0.15) is 11.9 Å². The van der Waals surface area contributed by atoms with Crippen LogP contribution in [0.25, 0.3) is 0 Å². The van der Waals surface area contributed by atoms with Gasteiger partial charge in [0.25, 0.3) is 0 Å². The van der Waals surface area contributed by atoms with Crippen LogP contribution in [0.1, 0.15) is 44.0 Å². The molecule has 1 aromatic rings. The molecule has 6 nitrogen and oxygen atoms in total. The Labute approximate surface area is 132 Å². The predicted molar refractivity (Wildman–Crippen MR) is 83.6 cm³/mol. The lowest BCUT2D eigenvalue weighted by Crippen LogP contribution is -2.42. The summed E-state index contributed by atoms with van der Waals surface area (Å²) in [6.07, 6.45) is 7.53. The van der Waals surface area contributed by atoms with E-state index in [1.165, 1.54) is 0 Å². The molecule has 0 radical (unpaired) electrons. The van der Waals surface area contributed by atoms with Gasteiger partial charge in [-0.15, -0.1) is 0 Å². The maximum absolute atomic E-state index is 12.4. The Morgan fingerprint density at radius 3 is 2.50 bits per heavy atom. The van der Waals surface area contributed by atoms with Crippen molar-refractivity contribution in [2.45, 2.75) is 38.2 Å². The van der Waals surface area contributed by atoms with E-state index in [4.69, 9.17) is 0 Å². The minimum Gasteiger partial charge on any atom is -0.385 e. The molecule has 0 amide bonds. The molecule has 7 heteroatoms. The van der Waals surface area contributed by atoms with Gasteiger partial charge in [0, 0.05) is 32.5 Å². The topological polar surface area (TPSA) is 75.4 Å². The second-order valence-corrected chi connectivity index (χ2v) is 8.67. The minimum atomic E-state index is -3.12. The molecule has 1 aliphatic carbocycles. The minimum absolute atomic E-state index is 0.0799. The van der Waals surface area contributed by atoms with Crippen molar-refractivity contribution in [3.8, 4) is 0 Å². The van der Waals surface area contributed by atoms with Gasteiger partial charge in [-0.3, -0.25) is 0 Å². The third kappa shape index (κ3) is 3.21. The van der Waals surface area contributed by atoms with E-state index in [2.05, 4.69) is 4.98 Å². The number of aliphatic hydroxyl groups is 1. The summed E-state index contributed by atoms with van der Waals surface area (Å²) >= 11 is 0. The molecule has 2 aliphatic rings. The predicted octanol–water partition coefficient (Wildman–Crippen LogP) is 1.30. The Morgan fingerprint density at radius 1 is 1.32 bits per heavy atom. The lowest BCUT2D eigenvalue weighted by atomic mass is 9.87. The van der Waals surface area contributed by atoms with Crippen molar-refractivity contribution in [2.24, 2.45) is 18.9 Å². The first-order valence-corrected chi connectivity index (χ1v) is 9.71. The molecule has 1 atom stereocenters. The number of sulfonamides is 1. The first kappa shape index (κ1) is 16.0. The summed E-state index contributed by atoms with van der Waals surface area (Å²) in [5.74, 6) is 1.41. The van der Waals surface area contributed by atoms with Crippen LogP contribution in [0.3, 0.4) is 0 Å². The van der Waals surface area contributed by atoms with Gasteiger partial charge in [-0.1, -0.05) is 6.42 Å². The number of piperidine rings is 1. The number of aryl methyl sites for hydroxylation is 1. The lowest BCUT2D eigenvalue weighted by Gasteiger charge is -2.35. The molecule has 1 N–H and O–H groups in total. The maximum Gasteiger partial charge on any atom is 0.214 e. The fraction of sp³-hybridized carbons (Fsp3) is 0.800. The molecular formula is C15H25N3O3S. The lowest BCUT2D eigenvalue weighted by molar-refractivity contribution is 0.0667. The van der Waals surface area contributed by atoms with Gasteiger partial charge in [0.15, 0.2) is 0 Å². The van der Waals surface area contributed by atoms with E-state index in [0.717, 1.165) is 19.3 Å². The second kappa shape index (κ2) is 6.29. The number of imidazole rings is 1. The van der Waals surface area contributed by atoms with Crippen LogP contribution in [0.15, 0.2) is 12.4 Å².